The third kappa shape index (κ3) is 1.92. The van der Waals surface area contributed by atoms with Crippen molar-refractivity contribution >= 4 is 0 Å². The first-order chi connectivity index (χ1) is 5.36. The minimum atomic E-state index is 0.0972. The summed E-state index contributed by atoms with van der Waals surface area (Å²) in [7, 11) is 0. The second-order valence-electron chi connectivity index (χ2n) is 1.70. The highest BCUT2D eigenvalue weighted by Gasteiger charge is 2.01. The number of nitrogens with zero attached hydrogens (tertiary/aromatic N) is 5. The van der Waals surface area contributed by atoms with Crippen LogP contribution in [-0.4, -0.2) is 10.1 Å². The van der Waals surface area contributed by atoms with Gasteiger partial charge in [0, 0.05) is 4.91 Å². The minimum absolute atomic E-state index is 0.0972. The van der Waals surface area contributed by atoms with Gasteiger partial charge in [-0.15, -0.1) is 0 Å². The molecule has 2 N–H and O–H groups in total. The van der Waals surface area contributed by atoms with Gasteiger partial charge in [-0.05, 0) is 5.53 Å². The smallest absolute Gasteiger partial charge is 0.240 e. The van der Waals surface area contributed by atoms with Crippen molar-refractivity contribution in [2.75, 3.05) is 0 Å². The van der Waals surface area contributed by atoms with Gasteiger partial charge in [0.1, 0.15) is 0 Å². The third-order valence-corrected chi connectivity index (χ3v) is 0.960. The van der Waals surface area contributed by atoms with Gasteiger partial charge >= 0.3 is 0 Å². The molecule has 0 amide bonds. The molecule has 0 atom stereocenters. The van der Waals surface area contributed by atoms with Gasteiger partial charge in [0.2, 0.25) is 5.89 Å². The Morgan fingerprint density at radius 1 is 1.73 bits per heavy atom. The number of rotatable bonds is 3. The Morgan fingerprint density at radius 3 is 3.09 bits per heavy atom. The van der Waals surface area contributed by atoms with Crippen molar-refractivity contribution in [3.05, 3.63) is 22.2 Å². The molecule has 0 spiro atoms. The first-order valence-electron chi connectivity index (χ1n) is 2.89. The summed E-state index contributed by atoms with van der Waals surface area (Å²) in [4.78, 5) is 6.34. The van der Waals surface area contributed by atoms with Crippen LogP contribution in [0.25, 0.3) is 10.4 Å². The van der Waals surface area contributed by atoms with Crippen LogP contribution in [0.2, 0.25) is 0 Å². The first kappa shape index (κ1) is 7.52. The summed E-state index contributed by atoms with van der Waals surface area (Å²) < 4.78 is 4.64. The minimum Gasteiger partial charge on any atom is -0.338 e. The van der Waals surface area contributed by atoms with Gasteiger partial charge in [-0.25, -0.2) is 0 Å². The van der Waals surface area contributed by atoms with Crippen LogP contribution < -0.4 is 5.73 Å². The second-order valence-corrected chi connectivity index (χ2v) is 1.70. The maximum absolute atomic E-state index is 7.94. The van der Waals surface area contributed by atoms with Gasteiger partial charge in [-0.3, -0.25) is 0 Å². The molecule has 1 heterocycles. The molecule has 1 rings (SSSR count). The molecule has 0 radical (unpaired) electrons. The average molecular weight is 154 g/mol. The fourth-order valence-electron chi connectivity index (χ4n) is 0.532. The van der Waals surface area contributed by atoms with Crippen LogP contribution in [0.4, 0.5) is 0 Å². The van der Waals surface area contributed by atoms with E-state index in [1.165, 1.54) is 0 Å². The summed E-state index contributed by atoms with van der Waals surface area (Å²) in [5.41, 5.74) is 13.1. The molecule has 7 heteroatoms. The highest BCUT2D eigenvalue weighted by Crippen LogP contribution is 1.96. The highest BCUT2D eigenvalue weighted by atomic mass is 16.5. The Morgan fingerprint density at radius 2 is 2.55 bits per heavy atom. The third-order valence-electron chi connectivity index (χ3n) is 0.960. The van der Waals surface area contributed by atoms with E-state index >= 15 is 0 Å². The predicted octanol–water partition coefficient (Wildman–Crippen LogP) is 0.339. The molecule has 0 aliphatic rings. The lowest BCUT2D eigenvalue weighted by Gasteiger charge is -1.78. The van der Waals surface area contributed by atoms with Crippen molar-refractivity contribution in [1.29, 1.82) is 0 Å². The number of nitrogens with two attached hydrogens (primary N) is 1. The lowest BCUT2D eigenvalue weighted by Crippen LogP contribution is -1.96. The molecule has 0 saturated carbocycles. The van der Waals surface area contributed by atoms with E-state index in [4.69, 9.17) is 11.3 Å². The van der Waals surface area contributed by atoms with Crippen LogP contribution >= 0.6 is 0 Å². The van der Waals surface area contributed by atoms with E-state index in [1.54, 1.807) is 0 Å². The zero-order valence-electron chi connectivity index (χ0n) is 5.64. The zero-order chi connectivity index (χ0) is 8.10. The monoisotopic (exact) mass is 154 g/mol. The van der Waals surface area contributed by atoms with Gasteiger partial charge in [0.25, 0.3) is 0 Å². The molecule has 0 unspecified atom stereocenters. The summed E-state index contributed by atoms with van der Waals surface area (Å²) in [6, 6.07) is 0. The molecule has 11 heavy (non-hydrogen) atoms. The van der Waals surface area contributed by atoms with Crippen molar-refractivity contribution in [3.63, 3.8) is 0 Å². The Hall–Kier alpha value is -1.59. The maximum Gasteiger partial charge on any atom is 0.240 e. The van der Waals surface area contributed by atoms with E-state index in [0.29, 0.717) is 11.7 Å². The van der Waals surface area contributed by atoms with Gasteiger partial charge < -0.3 is 10.3 Å². The fourth-order valence-corrected chi connectivity index (χ4v) is 0.532. The van der Waals surface area contributed by atoms with E-state index in [0.717, 1.165) is 0 Å². The summed E-state index contributed by atoms with van der Waals surface area (Å²) in [6.45, 7) is 0.295. The average Bonchev–Trinajstić information content (AvgIpc) is 2.48. The van der Waals surface area contributed by atoms with Crippen LogP contribution in [0.5, 0.6) is 0 Å². The van der Waals surface area contributed by atoms with E-state index in [2.05, 4.69) is 24.7 Å². The molecular formula is C4H6N6O. The number of aromatic nitrogens is 2. The molecule has 0 aromatic carbocycles. The zero-order valence-corrected chi connectivity index (χ0v) is 5.64. The summed E-state index contributed by atoms with van der Waals surface area (Å²) in [5, 5.41) is 6.74. The number of hydrogen-bond donors (Lipinski definition) is 1. The molecule has 0 aliphatic heterocycles. The molecular weight excluding hydrogens is 148 g/mol. The summed E-state index contributed by atoms with van der Waals surface area (Å²) in [6.07, 6.45) is 0. The Kier molecular flexibility index (Phi) is 2.42. The highest BCUT2D eigenvalue weighted by molar-refractivity contribution is 4.84. The van der Waals surface area contributed by atoms with Crippen molar-refractivity contribution in [1.82, 2.24) is 10.1 Å². The van der Waals surface area contributed by atoms with Crippen molar-refractivity contribution < 1.29 is 4.52 Å². The predicted molar refractivity (Wildman–Crippen MR) is 35.0 cm³/mol. The Labute approximate surface area is 61.8 Å². The number of azide groups is 1. The van der Waals surface area contributed by atoms with Gasteiger partial charge in [0.05, 0.1) is 13.1 Å². The normalized spacial score (nSPS) is 9.18. The van der Waals surface area contributed by atoms with Crippen LogP contribution in [-0.2, 0) is 13.1 Å². The van der Waals surface area contributed by atoms with Gasteiger partial charge in [0.15, 0.2) is 5.82 Å². The summed E-state index contributed by atoms with van der Waals surface area (Å²) >= 11 is 0. The number of hydrogen-bond acceptors (Lipinski definition) is 5. The van der Waals surface area contributed by atoms with Crippen molar-refractivity contribution in [2.45, 2.75) is 13.1 Å². The van der Waals surface area contributed by atoms with Crippen molar-refractivity contribution in [2.24, 2.45) is 10.8 Å². The van der Waals surface area contributed by atoms with E-state index < -0.39 is 0 Å². The van der Waals surface area contributed by atoms with Crippen LogP contribution in [0.1, 0.15) is 11.7 Å². The van der Waals surface area contributed by atoms with Crippen LogP contribution in [0, 0.1) is 0 Å². The largest absolute Gasteiger partial charge is 0.338 e. The van der Waals surface area contributed by atoms with E-state index in [1.807, 2.05) is 0 Å². The molecule has 0 fully saturated rings. The second kappa shape index (κ2) is 3.55. The summed E-state index contributed by atoms with van der Waals surface area (Å²) in [5.74, 6) is 0.691. The fraction of sp³-hybridized carbons (Fsp3) is 0.500. The van der Waals surface area contributed by atoms with Crippen LogP contribution in [0.15, 0.2) is 9.64 Å². The molecule has 1 aromatic rings. The SMILES string of the molecule is [N-]=[N+]=NCc1noc(CN)n1. The van der Waals surface area contributed by atoms with Crippen molar-refractivity contribution in [3.8, 4) is 0 Å². The molecule has 1 aromatic heterocycles. The first-order valence-corrected chi connectivity index (χ1v) is 2.89. The molecule has 58 valence electrons. The topological polar surface area (TPSA) is 114 Å². The van der Waals surface area contributed by atoms with Gasteiger partial charge in [-0.1, -0.05) is 10.3 Å². The molecule has 0 saturated heterocycles. The Bertz CT molecular complexity index is 274. The molecule has 7 nitrogen and oxygen atoms in total. The standard InChI is InChI=1S/C4H6N6O/c5-1-4-8-3(9-11-4)2-7-10-6/h1-2,5H2. The molecule has 0 aliphatic carbocycles. The van der Waals surface area contributed by atoms with E-state index in [-0.39, 0.29) is 13.1 Å². The quantitative estimate of drug-likeness (QED) is 0.384. The Balaban J connectivity index is 2.64. The van der Waals surface area contributed by atoms with Crippen LogP contribution in [0.3, 0.4) is 0 Å². The maximum atomic E-state index is 7.94. The lowest BCUT2D eigenvalue weighted by molar-refractivity contribution is 0.375. The van der Waals surface area contributed by atoms with Gasteiger partial charge in [-0.2, -0.15) is 4.98 Å². The van der Waals surface area contributed by atoms with E-state index in [9.17, 15) is 0 Å². The molecule has 0 bridgehead atoms. The lowest BCUT2D eigenvalue weighted by atomic mass is 10.6.